The third-order valence-corrected chi connectivity index (χ3v) is 11.4. The van der Waals surface area contributed by atoms with E-state index in [9.17, 15) is 0 Å². The molecule has 2 aromatic heterocycles. The van der Waals surface area contributed by atoms with Gasteiger partial charge in [-0.2, -0.15) is 0 Å². The van der Waals surface area contributed by atoms with Crippen molar-refractivity contribution in [3.63, 3.8) is 0 Å². The Bertz CT molecular complexity index is 2390. The number of nitrogens with zero attached hydrogens (tertiary/aromatic N) is 2. The molecule has 49 heavy (non-hydrogen) atoms. The number of benzene rings is 5. The number of ether oxygens (including phenoxy) is 1. The molecule has 3 nitrogen and oxygen atoms in total. The summed E-state index contributed by atoms with van der Waals surface area (Å²) in [6.07, 6.45) is 9.20. The van der Waals surface area contributed by atoms with Crippen molar-refractivity contribution >= 4 is 11.3 Å². The lowest BCUT2D eigenvalue weighted by Gasteiger charge is -2.43. The monoisotopic (exact) mass is 646 g/mol. The number of allylic oxidation sites excluding steroid dienone is 4. The first-order valence-electron chi connectivity index (χ1n) is 16.7. The standard InChI is InChI=1S/C45H30N2OS/c1-3-13-29(14-4-1)38-28-39(30-15-5-2-6-16-30)47-44(46-38)43-26-25-42(49-43)31-23-24-41-37(27-31)45(36-21-11-12-22-40(36)48-41)34-19-9-7-17-32(34)33-18-8-10-20-35(33)45/h1-28,32,34H. The van der Waals surface area contributed by atoms with E-state index in [1.54, 1.807) is 11.3 Å². The van der Waals surface area contributed by atoms with Crippen molar-refractivity contribution in [2.75, 3.05) is 0 Å². The molecule has 3 atom stereocenters. The molecule has 3 heterocycles. The van der Waals surface area contributed by atoms with E-state index in [0.717, 1.165) is 50.3 Å². The lowest BCUT2D eigenvalue weighted by Crippen LogP contribution is -2.37. The number of para-hydroxylation sites is 1. The molecule has 0 amide bonds. The smallest absolute Gasteiger partial charge is 0.170 e. The van der Waals surface area contributed by atoms with Crippen LogP contribution in [0, 0.1) is 5.92 Å². The van der Waals surface area contributed by atoms with Crippen molar-refractivity contribution in [1.82, 2.24) is 9.97 Å². The van der Waals surface area contributed by atoms with Gasteiger partial charge < -0.3 is 4.74 Å². The van der Waals surface area contributed by atoms with Gasteiger partial charge in [0.15, 0.2) is 5.82 Å². The summed E-state index contributed by atoms with van der Waals surface area (Å²) in [7, 11) is 0. The summed E-state index contributed by atoms with van der Waals surface area (Å²) >= 11 is 1.73. The Hall–Kier alpha value is -5.84. The number of thiophene rings is 1. The van der Waals surface area contributed by atoms with Crippen LogP contribution >= 0.6 is 11.3 Å². The third-order valence-electron chi connectivity index (χ3n) is 10.3. The van der Waals surface area contributed by atoms with Crippen molar-refractivity contribution in [3.8, 4) is 55.2 Å². The molecule has 232 valence electrons. The highest BCUT2D eigenvalue weighted by Gasteiger charge is 2.56. The quantitative estimate of drug-likeness (QED) is 0.191. The Morgan fingerprint density at radius 3 is 1.92 bits per heavy atom. The number of fused-ring (bicyclic) bond motifs is 9. The lowest BCUT2D eigenvalue weighted by atomic mass is 9.61. The van der Waals surface area contributed by atoms with Crippen molar-refractivity contribution < 1.29 is 4.74 Å². The molecule has 1 aliphatic heterocycles. The molecule has 0 N–H and O–H groups in total. The number of aromatic nitrogens is 2. The summed E-state index contributed by atoms with van der Waals surface area (Å²) in [5.41, 5.74) is 9.95. The fraction of sp³-hybridized carbons (Fsp3) is 0.0667. The van der Waals surface area contributed by atoms with Gasteiger partial charge in [0.1, 0.15) is 11.5 Å². The molecule has 0 radical (unpaired) electrons. The Kier molecular flexibility index (Phi) is 6.40. The van der Waals surface area contributed by atoms with Crippen molar-refractivity contribution in [2.24, 2.45) is 5.92 Å². The molecule has 0 fully saturated rings. The molecular formula is C45H30N2OS. The van der Waals surface area contributed by atoms with Crippen molar-refractivity contribution in [1.29, 1.82) is 0 Å². The normalized spacial score (nSPS) is 19.5. The first-order chi connectivity index (χ1) is 24.3. The molecule has 2 aliphatic carbocycles. The first-order valence-corrected chi connectivity index (χ1v) is 17.6. The van der Waals surface area contributed by atoms with Crippen LogP contribution in [-0.4, -0.2) is 9.97 Å². The predicted octanol–water partition coefficient (Wildman–Crippen LogP) is 11.5. The first kappa shape index (κ1) is 28.2. The average molecular weight is 647 g/mol. The van der Waals surface area contributed by atoms with Crippen molar-refractivity contribution in [3.05, 3.63) is 192 Å². The summed E-state index contributed by atoms with van der Waals surface area (Å²) in [6.45, 7) is 0. The minimum Gasteiger partial charge on any atom is -0.457 e. The highest BCUT2D eigenvalue weighted by Crippen LogP contribution is 2.64. The largest absolute Gasteiger partial charge is 0.457 e. The maximum absolute atomic E-state index is 6.68. The SMILES string of the molecule is C1=CC2c3ccccc3C3(c4ccccc4Oc4ccc(-c5ccc(-c6nc(-c7ccccc7)cc(-c7ccccc7)n6)s5)cc43)C2C=C1. The number of hydrogen-bond donors (Lipinski definition) is 0. The van der Waals surface area contributed by atoms with E-state index in [1.165, 1.54) is 27.1 Å². The number of rotatable bonds is 4. The van der Waals surface area contributed by atoms with Gasteiger partial charge >= 0.3 is 0 Å². The fourth-order valence-corrected chi connectivity index (χ4v) is 9.14. The minimum absolute atomic E-state index is 0.235. The second kappa shape index (κ2) is 11.1. The van der Waals surface area contributed by atoms with E-state index in [0.29, 0.717) is 5.92 Å². The van der Waals surface area contributed by atoms with E-state index in [4.69, 9.17) is 14.7 Å². The van der Waals surface area contributed by atoms with E-state index in [-0.39, 0.29) is 11.3 Å². The van der Waals surface area contributed by atoms with Gasteiger partial charge in [-0.15, -0.1) is 11.3 Å². The van der Waals surface area contributed by atoms with Crippen molar-refractivity contribution in [2.45, 2.75) is 11.3 Å². The second-order valence-corrected chi connectivity index (χ2v) is 14.0. The molecule has 10 rings (SSSR count). The van der Waals surface area contributed by atoms with Crippen LogP contribution in [0.2, 0.25) is 0 Å². The summed E-state index contributed by atoms with van der Waals surface area (Å²) in [5, 5.41) is 0. The Labute approximate surface area is 289 Å². The zero-order valence-corrected chi connectivity index (χ0v) is 27.3. The van der Waals surface area contributed by atoms with Gasteiger partial charge in [0, 0.05) is 39.0 Å². The van der Waals surface area contributed by atoms with Crippen LogP contribution in [0.25, 0.3) is 43.7 Å². The molecular weight excluding hydrogens is 617 g/mol. The molecule has 4 heteroatoms. The van der Waals surface area contributed by atoms with Gasteiger partial charge in [-0.25, -0.2) is 9.97 Å². The minimum atomic E-state index is -0.374. The van der Waals surface area contributed by atoms with E-state index < -0.39 is 0 Å². The molecule has 1 spiro atoms. The van der Waals surface area contributed by atoms with Crippen LogP contribution in [-0.2, 0) is 5.41 Å². The second-order valence-electron chi connectivity index (χ2n) is 12.9. The van der Waals surface area contributed by atoms with Gasteiger partial charge in [-0.05, 0) is 59.2 Å². The Morgan fingerprint density at radius 1 is 0.510 bits per heavy atom. The van der Waals surface area contributed by atoms with E-state index in [2.05, 4.69) is 158 Å². The molecule has 0 saturated carbocycles. The summed E-state index contributed by atoms with van der Waals surface area (Å²) in [6, 6.07) is 51.5. The van der Waals surface area contributed by atoms with Crippen LogP contribution in [0.5, 0.6) is 11.5 Å². The van der Waals surface area contributed by atoms with E-state index in [1.807, 2.05) is 12.1 Å². The Morgan fingerprint density at radius 2 is 1.14 bits per heavy atom. The zero-order chi connectivity index (χ0) is 32.4. The summed E-state index contributed by atoms with van der Waals surface area (Å²) in [4.78, 5) is 12.4. The highest BCUT2D eigenvalue weighted by molar-refractivity contribution is 7.18. The third kappa shape index (κ3) is 4.34. The van der Waals surface area contributed by atoms with Gasteiger partial charge in [-0.3, -0.25) is 0 Å². The molecule has 7 aromatic rings. The zero-order valence-electron chi connectivity index (χ0n) is 26.5. The molecule has 5 aromatic carbocycles. The highest BCUT2D eigenvalue weighted by atomic mass is 32.1. The van der Waals surface area contributed by atoms with Crippen LogP contribution in [0.15, 0.2) is 170 Å². The van der Waals surface area contributed by atoms with Gasteiger partial charge in [0.05, 0.1) is 21.7 Å². The van der Waals surface area contributed by atoms with Gasteiger partial charge in [-0.1, -0.05) is 127 Å². The fourth-order valence-electron chi connectivity index (χ4n) is 8.20. The molecule has 3 aliphatic rings. The summed E-state index contributed by atoms with van der Waals surface area (Å²) in [5.74, 6) is 3.12. The van der Waals surface area contributed by atoms with Gasteiger partial charge in [0.25, 0.3) is 0 Å². The topological polar surface area (TPSA) is 35.0 Å². The van der Waals surface area contributed by atoms with Crippen LogP contribution < -0.4 is 4.74 Å². The molecule has 0 bridgehead atoms. The molecule has 3 unspecified atom stereocenters. The maximum Gasteiger partial charge on any atom is 0.170 e. The molecule has 0 saturated heterocycles. The lowest BCUT2D eigenvalue weighted by molar-refractivity contribution is 0.374. The Balaban J connectivity index is 1.12. The average Bonchev–Trinajstić information content (AvgIpc) is 3.79. The maximum atomic E-state index is 6.68. The predicted molar refractivity (Wildman–Crippen MR) is 199 cm³/mol. The number of hydrogen-bond acceptors (Lipinski definition) is 4. The van der Waals surface area contributed by atoms with Crippen LogP contribution in [0.1, 0.15) is 28.2 Å². The summed E-state index contributed by atoms with van der Waals surface area (Å²) < 4.78 is 6.68. The van der Waals surface area contributed by atoms with E-state index >= 15 is 0 Å². The van der Waals surface area contributed by atoms with Crippen LogP contribution in [0.3, 0.4) is 0 Å². The van der Waals surface area contributed by atoms with Gasteiger partial charge in [0.2, 0.25) is 0 Å². The van der Waals surface area contributed by atoms with Crippen LogP contribution in [0.4, 0.5) is 0 Å².